The Hall–Kier alpha value is -0.240. The van der Waals surface area contributed by atoms with Crippen LogP contribution in [-0.2, 0) is 9.05 Å². The molecule has 0 aliphatic carbocycles. The molecule has 1 heterocycles. The monoisotopic (exact) mass is 312 g/mol. The van der Waals surface area contributed by atoms with E-state index < -0.39 is 9.05 Å². The Morgan fingerprint density at radius 2 is 1.93 bits per heavy atom. The minimum Gasteiger partial charge on any atom is -0.207 e. The van der Waals surface area contributed by atoms with Crippen molar-refractivity contribution in [2.75, 3.05) is 0 Å². The van der Waals surface area contributed by atoms with Crippen molar-refractivity contribution >= 4 is 58.4 Å². The average Bonchev–Trinajstić information content (AvgIpc) is 2.50. The highest BCUT2D eigenvalue weighted by Crippen LogP contribution is 2.29. The lowest BCUT2D eigenvalue weighted by Gasteiger charge is -1.97. The molecule has 0 aliphatic heterocycles. The third kappa shape index (κ3) is 1.65. The van der Waals surface area contributed by atoms with E-state index in [9.17, 15) is 8.42 Å². The van der Waals surface area contributed by atoms with Crippen LogP contribution in [0.3, 0.4) is 0 Å². The Kier molecular flexibility index (Phi) is 2.50. The van der Waals surface area contributed by atoms with Crippen LogP contribution in [0.1, 0.15) is 0 Å². The molecule has 8 heteroatoms. The van der Waals surface area contributed by atoms with E-state index in [1.807, 2.05) is 0 Å². The first-order chi connectivity index (χ1) is 6.50. The Balaban J connectivity index is 2.93. The first-order valence-corrected chi connectivity index (χ1v) is 7.19. The molecule has 1 aromatic carbocycles. The van der Waals surface area contributed by atoms with Crippen LogP contribution in [0.4, 0.5) is 0 Å². The van der Waals surface area contributed by atoms with Gasteiger partial charge in [0.1, 0.15) is 15.9 Å². The Morgan fingerprint density at radius 1 is 1.29 bits per heavy atom. The highest BCUT2D eigenvalue weighted by molar-refractivity contribution is 9.10. The normalized spacial score (nSPS) is 12.1. The van der Waals surface area contributed by atoms with E-state index in [4.69, 9.17) is 10.7 Å². The molecule has 0 bridgehead atoms. The van der Waals surface area contributed by atoms with Crippen LogP contribution in [0.5, 0.6) is 0 Å². The Morgan fingerprint density at radius 3 is 2.57 bits per heavy atom. The second-order valence-corrected chi connectivity index (χ2v) is 6.36. The molecule has 0 saturated heterocycles. The molecule has 0 amide bonds. The molecule has 0 saturated carbocycles. The van der Waals surface area contributed by atoms with Gasteiger partial charge in [-0.2, -0.15) is 8.75 Å². The van der Waals surface area contributed by atoms with Gasteiger partial charge < -0.3 is 0 Å². The lowest BCUT2D eigenvalue weighted by atomic mass is 10.3. The first kappa shape index (κ1) is 10.3. The number of hydrogen-bond donors (Lipinski definition) is 0. The predicted molar refractivity (Wildman–Crippen MR) is 58.2 cm³/mol. The summed E-state index contributed by atoms with van der Waals surface area (Å²) >= 11 is 4.19. The summed E-state index contributed by atoms with van der Waals surface area (Å²) in [5.74, 6) is 0. The van der Waals surface area contributed by atoms with E-state index in [1.165, 1.54) is 6.07 Å². The highest BCUT2D eigenvalue weighted by Gasteiger charge is 2.18. The topological polar surface area (TPSA) is 59.9 Å². The molecule has 14 heavy (non-hydrogen) atoms. The van der Waals surface area contributed by atoms with E-state index in [0.29, 0.717) is 15.5 Å². The number of nitrogens with zero attached hydrogens (tertiary/aromatic N) is 2. The van der Waals surface area contributed by atoms with Crippen molar-refractivity contribution in [1.82, 2.24) is 8.75 Å². The maximum Gasteiger partial charge on any atom is 0.263 e. The smallest absolute Gasteiger partial charge is 0.207 e. The van der Waals surface area contributed by atoms with Crippen molar-refractivity contribution in [3.05, 3.63) is 16.6 Å². The predicted octanol–water partition coefficient (Wildman–Crippen LogP) is 2.38. The van der Waals surface area contributed by atoms with Crippen molar-refractivity contribution in [3.63, 3.8) is 0 Å². The third-order valence-corrected chi connectivity index (χ3v) is 4.11. The van der Waals surface area contributed by atoms with Gasteiger partial charge in [0.25, 0.3) is 9.05 Å². The second-order valence-electron chi connectivity index (χ2n) is 2.44. The first-order valence-electron chi connectivity index (χ1n) is 3.35. The van der Waals surface area contributed by atoms with Gasteiger partial charge in [-0.3, -0.25) is 0 Å². The van der Waals surface area contributed by atoms with Crippen LogP contribution in [0, 0.1) is 0 Å². The number of fused-ring (bicyclic) bond motifs is 1. The lowest BCUT2D eigenvalue weighted by molar-refractivity contribution is 0.610. The van der Waals surface area contributed by atoms with Crippen molar-refractivity contribution in [2.45, 2.75) is 4.90 Å². The van der Waals surface area contributed by atoms with Crippen LogP contribution in [0.2, 0.25) is 0 Å². The van der Waals surface area contributed by atoms with E-state index in [0.717, 1.165) is 11.7 Å². The van der Waals surface area contributed by atoms with Gasteiger partial charge in [-0.05, 0) is 28.1 Å². The molecule has 74 valence electrons. The standard InChI is InChI=1S/C6H2BrClN2O2S2/c7-3-1-2-4(14(8,11)12)6-5(3)9-13-10-6/h1-2H. The molecule has 0 fully saturated rings. The summed E-state index contributed by atoms with van der Waals surface area (Å²) < 4.78 is 30.8. The fourth-order valence-corrected chi connectivity index (χ4v) is 3.15. The summed E-state index contributed by atoms with van der Waals surface area (Å²) in [4.78, 5) is -0.00823. The summed E-state index contributed by atoms with van der Waals surface area (Å²) in [7, 11) is 1.48. The molecule has 2 aromatic rings. The molecule has 0 N–H and O–H groups in total. The van der Waals surface area contributed by atoms with Crippen molar-refractivity contribution in [2.24, 2.45) is 0 Å². The van der Waals surface area contributed by atoms with Gasteiger partial charge in [0.2, 0.25) is 0 Å². The van der Waals surface area contributed by atoms with E-state index >= 15 is 0 Å². The molecule has 0 atom stereocenters. The number of hydrogen-bond acceptors (Lipinski definition) is 5. The zero-order chi connectivity index (χ0) is 10.3. The fraction of sp³-hybridized carbons (Fsp3) is 0. The van der Waals surface area contributed by atoms with Crippen molar-refractivity contribution < 1.29 is 8.42 Å². The average molecular weight is 314 g/mol. The summed E-state index contributed by atoms with van der Waals surface area (Å²) in [6.07, 6.45) is 0. The Labute approximate surface area is 96.8 Å². The number of benzene rings is 1. The molecule has 1 aromatic heterocycles. The largest absolute Gasteiger partial charge is 0.263 e. The van der Waals surface area contributed by atoms with Gasteiger partial charge in [-0.1, -0.05) is 0 Å². The van der Waals surface area contributed by atoms with Crippen LogP contribution in [0.15, 0.2) is 21.5 Å². The van der Waals surface area contributed by atoms with Crippen molar-refractivity contribution in [3.8, 4) is 0 Å². The molecular weight excluding hydrogens is 312 g/mol. The third-order valence-electron chi connectivity index (χ3n) is 1.59. The van der Waals surface area contributed by atoms with Crippen molar-refractivity contribution in [1.29, 1.82) is 0 Å². The van der Waals surface area contributed by atoms with Gasteiger partial charge in [0.15, 0.2) is 0 Å². The molecular formula is C6H2BrClN2O2S2. The molecule has 0 spiro atoms. The zero-order valence-corrected chi connectivity index (χ0v) is 10.4. The lowest BCUT2D eigenvalue weighted by Crippen LogP contribution is -1.92. The number of aromatic nitrogens is 2. The summed E-state index contributed by atoms with van der Waals surface area (Å²) in [6, 6.07) is 2.98. The quantitative estimate of drug-likeness (QED) is 0.758. The molecule has 0 radical (unpaired) electrons. The molecule has 0 unspecified atom stereocenters. The van der Waals surface area contributed by atoms with E-state index in [-0.39, 0.29) is 4.90 Å². The van der Waals surface area contributed by atoms with Gasteiger partial charge in [-0.15, -0.1) is 0 Å². The van der Waals surface area contributed by atoms with Gasteiger partial charge >= 0.3 is 0 Å². The summed E-state index contributed by atoms with van der Waals surface area (Å²) in [5.41, 5.74) is 0.816. The fourth-order valence-electron chi connectivity index (χ4n) is 1.01. The maximum atomic E-state index is 11.1. The minimum atomic E-state index is -3.76. The summed E-state index contributed by atoms with van der Waals surface area (Å²) in [5, 5.41) is 0. The molecule has 2 rings (SSSR count). The highest BCUT2D eigenvalue weighted by atomic mass is 79.9. The SMILES string of the molecule is O=S(=O)(Cl)c1ccc(Br)c2nsnc12. The van der Waals surface area contributed by atoms with Crippen LogP contribution >= 0.6 is 38.3 Å². The van der Waals surface area contributed by atoms with E-state index in [2.05, 4.69) is 24.7 Å². The minimum absolute atomic E-state index is 0.00823. The summed E-state index contributed by atoms with van der Waals surface area (Å²) in [6.45, 7) is 0. The second kappa shape index (κ2) is 3.41. The zero-order valence-electron chi connectivity index (χ0n) is 6.44. The van der Waals surface area contributed by atoms with Crippen LogP contribution in [0.25, 0.3) is 11.0 Å². The Bertz CT molecular complexity index is 595. The van der Waals surface area contributed by atoms with Crippen LogP contribution < -0.4 is 0 Å². The molecule has 4 nitrogen and oxygen atoms in total. The maximum absolute atomic E-state index is 11.1. The van der Waals surface area contributed by atoms with Gasteiger partial charge in [0.05, 0.1) is 11.7 Å². The molecule has 0 aliphatic rings. The number of halogens is 2. The van der Waals surface area contributed by atoms with E-state index in [1.54, 1.807) is 6.07 Å². The van der Waals surface area contributed by atoms with Gasteiger partial charge in [0, 0.05) is 15.2 Å². The number of rotatable bonds is 1. The van der Waals surface area contributed by atoms with Gasteiger partial charge in [-0.25, -0.2) is 8.42 Å². The van der Waals surface area contributed by atoms with Crippen LogP contribution in [-0.4, -0.2) is 17.2 Å².